The van der Waals surface area contributed by atoms with Gasteiger partial charge in [-0.05, 0) is 71.3 Å². The second-order valence-corrected chi connectivity index (χ2v) is 18.6. The first-order chi connectivity index (χ1) is 26.6. The van der Waals surface area contributed by atoms with Gasteiger partial charge >= 0.3 is 0 Å². The number of aromatic nitrogens is 2. The van der Waals surface area contributed by atoms with Gasteiger partial charge < -0.3 is 14.4 Å². The maximum atomic E-state index is 8.63. The molecule has 0 saturated carbocycles. The molecule has 0 saturated heterocycles. The molecule has 0 bridgehead atoms. The van der Waals surface area contributed by atoms with Crippen LogP contribution in [0.3, 0.4) is 0 Å². The van der Waals surface area contributed by atoms with Crippen LogP contribution in [0, 0.1) is 19.0 Å². The van der Waals surface area contributed by atoms with Gasteiger partial charge in [0.2, 0.25) is 0 Å². The van der Waals surface area contributed by atoms with Gasteiger partial charge in [0.1, 0.15) is 5.58 Å². The fraction of sp³-hybridized carbons (Fsp3) is 0.244. The second kappa shape index (κ2) is 15.0. The van der Waals surface area contributed by atoms with E-state index in [1.807, 2.05) is 62.5 Å². The molecule has 8 rings (SSSR count). The molecular weight excluding hydrogens is 805 g/mol. The van der Waals surface area contributed by atoms with Gasteiger partial charge in [0.05, 0.1) is 13.7 Å². The minimum Gasteiger partial charge on any atom is -0.501 e. The van der Waals surface area contributed by atoms with E-state index >= 15 is 0 Å². The molecule has 255 valence electrons. The molecule has 7 aromatic rings. The van der Waals surface area contributed by atoms with E-state index in [1.54, 1.807) is 30.5 Å². The molecule has 3 aromatic heterocycles. The number of nitrogens with zero attached hydrogens (tertiary/aromatic N) is 2. The molecule has 0 spiro atoms. The van der Waals surface area contributed by atoms with Gasteiger partial charge in [0.25, 0.3) is 0 Å². The summed E-state index contributed by atoms with van der Waals surface area (Å²) in [5, 5.41) is 3.05. The molecular formula is C45H44IrN2OSi-2. The van der Waals surface area contributed by atoms with Crippen LogP contribution >= 0.6 is 0 Å². The Bertz CT molecular complexity index is 2590. The topological polar surface area (TPSA) is 38.9 Å². The van der Waals surface area contributed by atoms with Crippen LogP contribution in [0.5, 0.6) is 0 Å². The van der Waals surface area contributed by atoms with E-state index in [1.165, 1.54) is 11.3 Å². The maximum absolute atomic E-state index is 8.63. The van der Waals surface area contributed by atoms with Gasteiger partial charge in [-0.15, -0.1) is 53.6 Å². The van der Waals surface area contributed by atoms with E-state index in [4.69, 9.17) is 15.4 Å². The summed E-state index contributed by atoms with van der Waals surface area (Å²) in [5.74, 6) is -0.716. The standard InChI is InChI=1S/C27H20NO.C18H24NSi.Ir/c1-2-7-18(8-3-1)20-13-14-22-23-11-6-12-24(27(23)29-25(22)17-20)26-21-10-5-4-9-19(21)15-16-28-26;1-13(2)16-11-17(15-9-7-14(3)8-10-15)19-12-18(16)20(4,5)6;/h1-3,6-8,11,13-17H,4-5,9-10H2;7-9,11-13H,1-6H3;/q2*-1;/i9D2,10D2;3D3,13D;. The van der Waals surface area contributed by atoms with Gasteiger partial charge in [-0.2, -0.15) is 0 Å². The Morgan fingerprint density at radius 1 is 0.880 bits per heavy atom. The minimum absolute atomic E-state index is 0. The van der Waals surface area contributed by atoms with E-state index < -0.39 is 33.6 Å². The Labute approximate surface area is 322 Å². The molecule has 1 aliphatic carbocycles. The van der Waals surface area contributed by atoms with Crippen LogP contribution in [0.1, 0.15) is 65.8 Å². The summed E-state index contributed by atoms with van der Waals surface area (Å²) in [4.78, 5) is 9.07. The first kappa shape index (κ1) is 26.6. The molecule has 0 fully saturated rings. The van der Waals surface area contributed by atoms with E-state index in [-0.39, 0.29) is 38.5 Å². The van der Waals surface area contributed by atoms with Gasteiger partial charge in [0.15, 0.2) is 0 Å². The van der Waals surface area contributed by atoms with Gasteiger partial charge in [-0.1, -0.05) is 117 Å². The first-order valence-corrected chi connectivity index (χ1v) is 20.1. The van der Waals surface area contributed by atoms with Crippen molar-refractivity contribution in [2.24, 2.45) is 0 Å². The normalized spacial score (nSPS) is 17.5. The summed E-state index contributed by atoms with van der Waals surface area (Å²) in [6.45, 7) is 8.38. The summed E-state index contributed by atoms with van der Waals surface area (Å²) >= 11 is 0. The fourth-order valence-electron chi connectivity index (χ4n) is 6.29. The Kier molecular flexibility index (Phi) is 7.98. The number of pyridine rings is 2. The average Bonchev–Trinajstić information content (AvgIpc) is 3.54. The van der Waals surface area contributed by atoms with E-state index in [0.717, 1.165) is 44.3 Å². The van der Waals surface area contributed by atoms with Crippen molar-refractivity contribution in [3.8, 4) is 33.6 Å². The number of furan rings is 1. The number of aryl methyl sites for hydroxylation is 2. The van der Waals surface area contributed by atoms with Crippen molar-refractivity contribution in [2.75, 3.05) is 0 Å². The smallest absolute Gasteiger partial charge is 0.121 e. The molecule has 0 unspecified atom stereocenters. The third-order valence-electron chi connectivity index (χ3n) is 8.81. The number of hydrogen-bond acceptors (Lipinski definition) is 3. The van der Waals surface area contributed by atoms with Crippen molar-refractivity contribution in [1.29, 1.82) is 0 Å². The van der Waals surface area contributed by atoms with Crippen molar-refractivity contribution in [1.82, 2.24) is 9.97 Å². The number of rotatable bonds is 5. The Hall–Kier alpha value is -4.15. The van der Waals surface area contributed by atoms with E-state index in [0.29, 0.717) is 28.0 Å². The van der Waals surface area contributed by atoms with Crippen molar-refractivity contribution < 1.29 is 35.5 Å². The summed E-state index contributed by atoms with van der Waals surface area (Å²) in [6.07, 6.45) is 0.381. The SMILES string of the molecule is [2H]C([2H])([2H])c1c[c-]c(-c2cc(C([2H])(C)C)c([Si](C)(C)C)cn2)cc1.[2H]C1([2H])CCC([2H])([2H])c2c1ccnc2-c1[c-]ccc2c1oc1cc(-c3ccccc3)ccc12.[Ir]. The van der Waals surface area contributed by atoms with Crippen LogP contribution in [0.15, 0.2) is 108 Å². The van der Waals surface area contributed by atoms with Crippen molar-refractivity contribution in [3.05, 3.63) is 138 Å². The Morgan fingerprint density at radius 3 is 2.44 bits per heavy atom. The molecule has 0 aliphatic heterocycles. The predicted octanol–water partition coefficient (Wildman–Crippen LogP) is 11.5. The second-order valence-electron chi connectivity index (χ2n) is 13.6. The van der Waals surface area contributed by atoms with Crippen molar-refractivity contribution >= 4 is 35.2 Å². The quantitative estimate of drug-likeness (QED) is 0.128. The zero-order valence-electron chi connectivity index (χ0n) is 36.9. The molecule has 5 heteroatoms. The summed E-state index contributed by atoms with van der Waals surface area (Å²) < 4.78 is 71.3. The Morgan fingerprint density at radius 2 is 1.70 bits per heavy atom. The molecule has 1 aliphatic rings. The van der Waals surface area contributed by atoms with E-state index in [2.05, 4.69) is 59.9 Å². The molecule has 50 heavy (non-hydrogen) atoms. The van der Waals surface area contributed by atoms with Crippen LogP contribution in [0.25, 0.3) is 55.6 Å². The maximum Gasteiger partial charge on any atom is 0.121 e. The van der Waals surface area contributed by atoms with Gasteiger partial charge in [-0.25, -0.2) is 0 Å². The van der Waals surface area contributed by atoms with Crippen LogP contribution in [0.4, 0.5) is 0 Å². The summed E-state index contributed by atoms with van der Waals surface area (Å²) in [5.41, 5.74) is 7.81. The summed E-state index contributed by atoms with van der Waals surface area (Å²) in [6, 6.07) is 34.6. The van der Waals surface area contributed by atoms with Crippen molar-refractivity contribution in [2.45, 2.75) is 71.8 Å². The summed E-state index contributed by atoms with van der Waals surface area (Å²) in [7, 11) is -1.61. The molecule has 0 N–H and O–H groups in total. The van der Waals surface area contributed by atoms with Gasteiger partial charge in [-0.3, -0.25) is 0 Å². The largest absolute Gasteiger partial charge is 0.501 e. The van der Waals surface area contributed by atoms with Crippen LogP contribution in [-0.2, 0) is 32.9 Å². The number of fused-ring (bicyclic) bond motifs is 4. The zero-order valence-corrected chi connectivity index (χ0v) is 32.3. The zero-order chi connectivity index (χ0) is 41.1. The minimum atomic E-state index is -2.13. The van der Waals surface area contributed by atoms with E-state index in [9.17, 15) is 0 Å². The molecule has 0 amide bonds. The first-order valence-electron chi connectivity index (χ1n) is 20.6. The monoisotopic (exact) mass is 857 g/mol. The fourth-order valence-corrected chi connectivity index (χ4v) is 7.87. The average molecular weight is 857 g/mol. The van der Waals surface area contributed by atoms with Crippen molar-refractivity contribution in [3.63, 3.8) is 0 Å². The van der Waals surface area contributed by atoms with Gasteiger partial charge in [0, 0.05) is 48.9 Å². The third kappa shape index (κ3) is 7.32. The Balaban J connectivity index is 0.000000203. The molecule has 3 nitrogen and oxygen atoms in total. The number of benzene rings is 4. The molecule has 4 aromatic carbocycles. The number of hydrogen-bond donors (Lipinski definition) is 0. The third-order valence-corrected chi connectivity index (χ3v) is 10.8. The predicted molar refractivity (Wildman–Crippen MR) is 208 cm³/mol. The molecule has 1 radical (unpaired) electrons. The van der Waals surface area contributed by atoms with Crippen LogP contribution in [0.2, 0.25) is 19.6 Å². The molecule has 3 heterocycles. The van der Waals surface area contributed by atoms with Crippen LogP contribution in [-0.4, -0.2) is 18.0 Å². The van der Waals surface area contributed by atoms with Crippen LogP contribution < -0.4 is 5.19 Å². The molecule has 0 atom stereocenters.